The van der Waals surface area contributed by atoms with Gasteiger partial charge in [0.25, 0.3) is 0 Å². The average Bonchev–Trinajstić information content (AvgIpc) is 2.31. The maximum absolute atomic E-state index is 8.63. The molecule has 0 aromatic rings. The number of halogens is 3. The van der Waals surface area contributed by atoms with E-state index in [-0.39, 0.29) is 68.3 Å². The van der Waals surface area contributed by atoms with Crippen LogP contribution in [0.5, 0.6) is 0 Å². The van der Waals surface area contributed by atoms with Gasteiger partial charge >= 0.3 is 17.4 Å². The van der Waals surface area contributed by atoms with Crippen molar-refractivity contribution in [3.63, 3.8) is 0 Å². The summed E-state index contributed by atoms with van der Waals surface area (Å²) in [4.78, 5) is 0. The maximum atomic E-state index is 8.63. The summed E-state index contributed by atoms with van der Waals surface area (Å²) in [6.45, 7) is 2.65. The van der Waals surface area contributed by atoms with Gasteiger partial charge in [0, 0.05) is 6.61 Å². The van der Waals surface area contributed by atoms with E-state index in [1.807, 2.05) is 0 Å². The van der Waals surface area contributed by atoms with Gasteiger partial charge in [0.15, 0.2) is 0 Å². The SMILES string of the molecule is CCCCCCCCCCCCCCCO.[Al+3].[Br-].[Br-].[Br-]. The molecule has 0 heterocycles. The van der Waals surface area contributed by atoms with Crippen LogP contribution in [0.25, 0.3) is 0 Å². The van der Waals surface area contributed by atoms with Gasteiger partial charge in [-0.1, -0.05) is 84.0 Å². The predicted octanol–water partition coefficient (Wildman–Crippen LogP) is -4.30. The Bertz CT molecular complexity index is 116. The van der Waals surface area contributed by atoms with E-state index in [9.17, 15) is 0 Å². The molecule has 0 aliphatic heterocycles. The molecule has 5 heteroatoms. The van der Waals surface area contributed by atoms with Crippen LogP contribution in [0.15, 0.2) is 0 Å². The zero-order valence-corrected chi connectivity index (χ0v) is 19.0. The Balaban J connectivity index is -0.000000187. The van der Waals surface area contributed by atoms with Gasteiger partial charge in [-0.25, -0.2) is 0 Å². The zero-order chi connectivity index (χ0) is 11.9. The molecule has 0 atom stereocenters. The molecule has 1 nitrogen and oxygen atoms in total. The van der Waals surface area contributed by atoms with Crippen molar-refractivity contribution in [3.05, 3.63) is 0 Å². The van der Waals surface area contributed by atoms with Crippen molar-refractivity contribution >= 4 is 17.4 Å². The predicted molar refractivity (Wildman–Crippen MR) is 78.5 cm³/mol. The van der Waals surface area contributed by atoms with Crippen molar-refractivity contribution in [2.24, 2.45) is 0 Å². The fraction of sp³-hybridized carbons (Fsp3) is 1.00. The van der Waals surface area contributed by atoms with Gasteiger partial charge in [-0.05, 0) is 6.42 Å². The van der Waals surface area contributed by atoms with Gasteiger partial charge in [-0.2, -0.15) is 0 Å². The summed E-state index contributed by atoms with van der Waals surface area (Å²) in [6.07, 6.45) is 17.7. The molecule has 0 aliphatic rings. The van der Waals surface area contributed by atoms with Crippen LogP contribution in [0.4, 0.5) is 0 Å². The Kier molecular flexibility index (Phi) is 54.9. The molecule has 0 saturated heterocycles. The zero-order valence-electron chi connectivity index (χ0n) is 13.1. The monoisotopic (exact) mass is 492 g/mol. The summed E-state index contributed by atoms with van der Waals surface area (Å²) in [5.74, 6) is 0. The van der Waals surface area contributed by atoms with Crippen LogP contribution >= 0.6 is 0 Å². The molecule has 0 bridgehead atoms. The number of hydrogen-bond donors (Lipinski definition) is 1. The quantitative estimate of drug-likeness (QED) is 0.203. The topological polar surface area (TPSA) is 20.2 Å². The van der Waals surface area contributed by atoms with Crippen LogP contribution in [0.3, 0.4) is 0 Å². The molecule has 0 unspecified atom stereocenters. The largest absolute Gasteiger partial charge is 3.00 e. The summed E-state index contributed by atoms with van der Waals surface area (Å²) < 4.78 is 0. The maximum Gasteiger partial charge on any atom is 3.00 e. The van der Waals surface area contributed by atoms with Gasteiger partial charge in [-0.3, -0.25) is 0 Å². The molecule has 0 saturated carbocycles. The van der Waals surface area contributed by atoms with Gasteiger partial charge in [0.05, 0.1) is 0 Å². The van der Waals surface area contributed by atoms with Crippen molar-refractivity contribution in [1.29, 1.82) is 0 Å². The number of unbranched alkanes of at least 4 members (excludes halogenated alkanes) is 12. The Labute approximate surface area is 169 Å². The van der Waals surface area contributed by atoms with E-state index in [1.54, 1.807) is 0 Å². The van der Waals surface area contributed by atoms with E-state index in [2.05, 4.69) is 6.92 Å². The normalized spacial score (nSPS) is 8.70. The molecule has 0 fully saturated rings. The van der Waals surface area contributed by atoms with Crippen molar-refractivity contribution < 1.29 is 56.1 Å². The van der Waals surface area contributed by atoms with Gasteiger partial charge < -0.3 is 56.1 Å². The van der Waals surface area contributed by atoms with Crippen molar-refractivity contribution in [1.82, 2.24) is 0 Å². The summed E-state index contributed by atoms with van der Waals surface area (Å²) in [5, 5.41) is 8.63. The fourth-order valence-corrected chi connectivity index (χ4v) is 2.13. The van der Waals surface area contributed by atoms with Gasteiger partial charge in [0.1, 0.15) is 0 Å². The molecule has 1 N–H and O–H groups in total. The third-order valence-corrected chi connectivity index (χ3v) is 3.26. The summed E-state index contributed by atoms with van der Waals surface area (Å²) >= 11 is 0. The van der Waals surface area contributed by atoms with Crippen LogP contribution in [0, 0.1) is 0 Å². The van der Waals surface area contributed by atoms with Crippen molar-refractivity contribution in [2.45, 2.75) is 90.4 Å². The summed E-state index contributed by atoms with van der Waals surface area (Å²) in [5.41, 5.74) is 0. The standard InChI is InChI=1S/C15H32O.Al.3BrH/c1-2-3-4-5-6-7-8-9-10-11-12-13-14-15-16;;;;/h16H,2-15H2,1H3;;3*1H/q;+3;;;/p-3. The summed E-state index contributed by atoms with van der Waals surface area (Å²) in [6, 6.07) is 0. The molecule has 0 amide bonds. The first kappa shape index (κ1) is 33.5. The second kappa shape index (κ2) is 32.8. The molecule has 0 aromatic carbocycles. The Hall–Kier alpha value is 1.93. The Morgan fingerprint density at radius 2 is 0.750 bits per heavy atom. The van der Waals surface area contributed by atoms with Gasteiger partial charge in [-0.15, -0.1) is 0 Å². The molecule has 0 spiro atoms. The van der Waals surface area contributed by atoms with Crippen LogP contribution in [-0.4, -0.2) is 29.1 Å². The van der Waals surface area contributed by atoms with E-state index in [0.29, 0.717) is 6.61 Å². The second-order valence-electron chi connectivity index (χ2n) is 4.97. The minimum Gasteiger partial charge on any atom is -1.00 e. The number of hydrogen-bond acceptors (Lipinski definition) is 1. The van der Waals surface area contributed by atoms with Crippen LogP contribution in [0.2, 0.25) is 0 Å². The second-order valence-corrected chi connectivity index (χ2v) is 4.97. The summed E-state index contributed by atoms with van der Waals surface area (Å²) in [7, 11) is 0. The number of aliphatic hydroxyl groups is 1. The minimum atomic E-state index is 0. The van der Waals surface area contributed by atoms with Gasteiger partial charge in [0.2, 0.25) is 0 Å². The first-order valence-corrected chi connectivity index (χ1v) is 7.52. The molecule has 0 aliphatic carbocycles. The molecular formula is C15H32AlBr3O. The molecule has 0 radical (unpaired) electrons. The van der Waals surface area contributed by atoms with E-state index in [4.69, 9.17) is 5.11 Å². The third-order valence-electron chi connectivity index (χ3n) is 3.26. The van der Waals surface area contributed by atoms with Crippen LogP contribution in [-0.2, 0) is 0 Å². The third kappa shape index (κ3) is 32.0. The number of aliphatic hydroxyl groups excluding tert-OH is 1. The fourth-order valence-electron chi connectivity index (χ4n) is 2.13. The molecular weight excluding hydrogens is 463 g/mol. The van der Waals surface area contributed by atoms with E-state index in [0.717, 1.165) is 6.42 Å². The van der Waals surface area contributed by atoms with Crippen LogP contribution in [0.1, 0.15) is 90.4 Å². The Morgan fingerprint density at radius 3 is 1.00 bits per heavy atom. The number of rotatable bonds is 13. The van der Waals surface area contributed by atoms with Crippen LogP contribution < -0.4 is 50.9 Å². The average molecular weight is 495 g/mol. The smallest absolute Gasteiger partial charge is 1.00 e. The molecule has 20 heavy (non-hydrogen) atoms. The van der Waals surface area contributed by atoms with Crippen molar-refractivity contribution in [2.75, 3.05) is 6.61 Å². The van der Waals surface area contributed by atoms with Crippen molar-refractivity contribution in [3.8, 4) is 0 Å². The Morgan fingerprint density at radius 1 is 0.500 bits per heavy atom. The van der Waals surface area contributed by atoms with E-state index in [1.165, 1.54) is 77.0 Å². The molecule has 122 valence electrons. The first-order chi connectivity index (χ1) is 7.91. The van der Waals surface area contributed by atoms with E-state index >= 15 is 0 Å². The first-order valence-electron chi connectivity index (χ1n) is 7.52. The molecule has 0 rings (SSSR count). The van der Waals surface area contributed by atoms with E-state index < -0.39 is 0 Å². The molecule has 0 aromatic heterocycles. The minimum absolute atomic E-state index is 0.